The molecule has 0 amide bonds. The number of esters is 1. The van der Waals surface area contributed by atoms with Crippen molar-refractivity contribution < 1.29 is 9.53 Å². The van der Waals surface area contributed by atoms with E-state index in [4.69, 9.17) is 4.74 Å². The van der Waals surface area contributed by atoms with Gasteiger partial charge in [0.2, 0.25) is 0 Å². The molecule has 28 heavy (non-hydrogen) atoms. The zero-order chi connectivity index (χ0) is 19.3. The van der Waals surface area contributed by atoms with Crippen molar-refractivity contribution in [2.24, 2.45) is 0 Å². The lowest BCUT2D eigenvalue weighted by molar-refractivity contribution is 0.0531. The quantitative estimate of drug-likeness (QED) is 0.255. The zero-order valence-corrected chi connectivity index (χ0v) is 16.0. The van der Waals surface area contributed by atoms with Gasteiger partial charge in [0, 0.05) is 0 Å². The third-order valence-corrected chi connectivity index (χ3v) is 5.60. The van der Waals surface area contributed by atoms with E-state index in [1.54, 1.807) is 0 Å². The lowest BCUT2D eigenvalue weighted by Crippen LogP contribution is -2.07. The van der Waals surface area contributed by atoms with E-state index in [2.05, 4.69) is 55.5 Å². The van der Waals surface area contributed by atoms with Crippen LogP contribution in [0.4, 0.5) is 0 Å². The maximum absolute atomic E-state index is 13.0. The van der Waals surface area contributed by atoms with Gasteiger partial charge in [0.25, 0.3) is 0 Å². The van der Waals surface area contributed by atoms with Gasteiger partial charge in [-0.1, -0.05) is 48.5 Å². The molecule has 0 aliphatic heterocycles. The first-order valence-corrected chi connectivity index (χ1v) is 9.62. The van der Waals surface area contributed by atoms with Crippen molar-refractivity contribution >= 4 is 49.1 Å². The number of ether oxygens (including phenoxy) is 1. The molecule has 5 aromatic rings. The average molecular weight is 364 g/mol. The van der Waals surface area contributed by atoms with Crippen LogP contribution in [0, 0.1) is 6.92 Å². The first kappa shape index (κ1) is 16.8. The number of aryl methyl sites for hydroxylation is 1. The second-order valence-corrected chi connectivity index (χ2v) is 7.21. The molecule has 0 aliphatic rings. The maximum atomic E-state index is 13.0. The van der Waals surface area contributed by atoms with Gasteiger partial charge in [-0.05, 0) is 86.8 Å². The number of carbonyl (C=O) groups excluding carboxylic acids is 1. The van der Waals surface area contributed by atoms with Gasteiger partial charge in [-0.2, -0.15) is 0 Å². The highest BCUT2D eigenvalue weighted by molar-refractivity contribution is 6.22. The molecule has 0 saturated heterocycles. The van der Waals surface area contributed by atoms with Crippen molar-refractivity contribution in [3.05, 3.63) is 83.9 Å². The molecule has 0 unspecified atom stereocenters. The van der Waals surface area contributed by atoms with E-state index in [1.807, 2.05) is 31.2 Å². The summed E-state index contributed by atoms with van der Waals surface area (Å²) in [4.78, 5) is 13.0. The Balaban J connectivity index is 2.03. The van der Waals surface area contributed by atoms with E-state index in [1.165, 1.54) is 16.3 Å². The number of fused-ring (bicyclic) bond motifs is 4. The summed E-state index contributed by atoms with van der Waals surface area (Å²) in [6.45, 7) is 4.35. The number of benzene rings is 5. The van der Waals surface area contributed by atoms with Crippen LogP contribution in [0.3, 0.4) is 0 Å². The molecule has 0 radical (unpaired) electrons. The van der Waals surface area contributed by atoms with Crippen molar-refractivity contribution in [2.45, 2.75) is 13.8 Å². The van der Waals surface area contributed by atoms with Crippen LogP contribution < -0.4 is 0 Å². The highest BCUT2D eigenvalue weighted by atomic mass is 16.5. The molecule has 0 aliphatic carbocycles. The van der Waals surface area contributed by atoms with Crippen LogP contribution in [0.15, 0.2) is 72.8 Å². The molecule has 5 aromatic carbocycles. The van der Waals surface area contributed by atoms with Gasteiger partial charge in [0.05, 0.1) is 12.2 Å². The van der Waals surface area contributed by atoms with Crippen LogP contribution in [0.2, 0.25) is 0 Å². The van der Waals surface area contributed by atoms with Gasteiger partial charge in [-0.3, -0.25) is 0 Å². The van der Waals surface area contributed by atoms with Gasteiger partial charge in [-0.25, -0.2) is 4.79 Å². The molecule has 2 heteroatoms. The molecule has 2 nitrogen and oxygen atoms in total. The Labute approximate surface area is 163 Å². The number of hydrogen-bond acceptors (Lipinski definition) is 2. The standard InChI is InChI=1S/C26H20O2/c1-3-28-26(27)25-23-14-19-10-6-4-8-17(19)12-21(23)16(2)22-13-18-9-5-7-11-20(18)15-24(22)25/h4-15H,3H2,1-2H3. The van der Waals surface area contributed by atoms with Crippen molar-refractivity contribution in [3.63, 3.8) is 0 Å². The predicted octanol–water partition coefficient (Wildman–Crippen LogP) is 6.78. The Morgan fingerprint density at radius 2 is 1.11 bits per heavy atom. The third-order valence-electron chi connectivity index (χ3n) is 5.60. The minimum atomic E-state index is -0.261. The first-order chi connectivity index (χ1) is 13.7. The van der Waals surface area contributed by atoms with E-state index in [-0.39, 0.29) is 5.97 Å². The largest absolute Gasteiger partial charge is 0.462 e. The van der Waals surface area contributed by atoms with E-state index in [9.17, 15) is 4.79 Å². The summed E-state index contributed by atoms with van der Waals surface area (Å²) in [6.07, 6.45) is 0. The molecule has 0 atom stereocenters. The fraction of sp³-hybridized carbons (Fsp3) is 0.115. The van der Waals surface area contributed by atoms with Gasteiger partial charge in [0.15, 0.2) is 0 Å². The van der Waals surface area contributed by atoms with Crippen LogP contribution in [-0.4, -0.2) is 12.6 Å². The van der Waals surface area contributed by atoms with Gasteiger partial charge < -0.3 is 4.74 Å². The van der Waals surface area contributed by atoms with Gasteiger partial charge in [0.1, 0.15) is 0 Å². The second-order valence-electron chi connectivity index (χ2n) is 7.21. The van der Waals surface area contributed by atoms with E-state index in [0.717, 1.165) is 32.3 Å². The minimum Gasteiger partial charge on any atom is -0.462 e. The molecular weight excluding hydrogens is 344 g/mol. The Kier molecular flexibility index (Phi) is 3.80. The Hall–Kier alpha value is -3.39. The molecule has 0 saturated carbocycles. The van der Waals surface area contributed by atoms with Crippen LogP contribution in [-0.2, 0) is 4.74 Å². The van der Waals surface area contributed by atoms with Crippen LogP contribution in [0.1, 0.15) is 22.8 Å². The minimum absolute atomic E-state index is 0.261. The SMILES string of the molecule is CCOC(=O)c1c2cc3ccccc3cc2c(C)c2cc3ccccc3cc12. The fourth-order valence-corrected chi connectivity index (χ4v) is 4.23. The molecule has 0 fully saturated rings. The number of rotatable bonds is 2. The van der Waals surface area contributed by atoms with Crippen LogP contribution in [0.5, 0.6) is 0 Å². The Morgan fingerprint density at radius 1 is 0.714 bits per heavy atom. The third kappa shape index (κ3) is 2.45. The average Bonchev–Trinajstić information content (AvgIpc) is 2.72. The summed E-state index contributed by atoms with van der Waals surface area (Å²) in [6, 6.07) is 25.2. The smallest absolute Gasteiger partial charge is 0.339 e. The van der Waals surface area contributed by atoms with E-state index in [0.29, 0.717) is 12.2 Å². The number of hydrogen-bond donors (Lipinski definition) is 0. The summed E-state index contributed by atoms with van der Waals surface area (Å²) < 4.78 is 5.47. The van der Waals surface area contributed by atoms with E-state index < -0.39 is 0 Å². The first-order valence-electron chi connectivity index (χ1n) is 9.62. The molecule has 0 bridgehead atoms. The van der Waals surface area contributed by atoms with Crippen molar-refractivity contribution in [1.29, 1.82) is 0 Å². The summed E-state index contributed by atoms with van der Waals surface area (Å²) in [5, 5.41) is 8.71. The lowest BCUT2D eigenvalue weighted by Gasteiger charge is -2.16. The summed E-state index contributed by atoms with van der Waals surface area (Å²) in [7, 11) is 0. The zero-order valence-electron chi connectivity index (χ0n) is 16.0. The molecule has 0 heterocycles. The predicted molar refractivity (Wildman–Crippen MR) is 117 cm³/mol. The highest BCUT2D eigenvalue weighted by Crippen LogP contribution is 2.37. The Morgan fingerprint density at radius 3 is 1.50 bits per heavy atom. The van der Waals surface area contributed by atoms with Crippen LogP contribution >= 0.6 is 0 Å². The number of carbonyl (C=O) groups is 1. The van der Waals surface area contributed by atoms with E-state index >= 15 is 0 Å². The molecule has 0 N–H and O–H groups in total. The Bertz CT molecular complexity index is 1300. The fourth-order valence-electron chi connectivity index (χ4n) is 4.23. The summed E-state index contributed by atoms with van der Waals surface area (Å²) in [5.41, 5.74) is 1.85. The summed E-state index contributed by atoms with van der Waals surface area (Å²) >= 11 is 0. The molecular formula is C26H20O2. The topological polar surface area (TPSA) is 26.3 Å². The molecule has 0 spiro atoms. The van der Waals surface area contributed by atoms with Crippen molar-refractivity contribution in [3.8, 4) is 0 Å². The highest BCUT2D eigenvalue weighted by Gasteiger charge is 2.19. The molecule has 0 aromatic heterocycles. The van der Waals surface area contributed by atoms with Crippen LogP contribution in [0.25, 0.3) is 43.1 Å². The molecule has 136 valence electrons. The second kappa shape index (κ2) is 6.35. The van der Waals surface area contributed by atoms with Crippen molar-refractivity contribution in [2.75, 3.05) is 6.61 Å². The summed E-state index contributed by atoms with van der Waals surface area (Å²) in [5.74, 6) is -0.261. The monoisotopic (exact) mass is 364 g/mol. The normalized spacial score (nSPS) is 11.5. The van der Waals surface area contributed by atoms with Crippen molar-refractivity contribution in [1.82, 2.24) is 0 Å². The van der Waals surface area contributed by atoms with Gasteiger partial charge in [-0.15, -0.1) is 0 Å². The maximum Gasteiger partial charge on any atom is 0.339 e. The van der Waals surface area contributed by atoms with Gasteiger partial charge >= 0.3 is 5.97 Å². The lowest BCUT2D eigenvalue weighted by atomic mass is 9.89. The molecule has 5 rings (SSSR count).